The molecule has 0 spiro atoms. The van der Waals surface area contributed by atoms with Gasteiger partial charge in [-0.25, -0.2) is 0 Å². The van der Waals surface area contributed by atoms with Crippen LogP contribution in [-0.2, 0) is 16.0 Å². The summed E-state index contributed by atoms with van der Waals surface area (Å²) in [7, 11) is 0. The predicted molar refractivity (Wildman–Crippen MR) is 115 cm³/mol. The number of nitrogens with zero attached hydrogens (tertiary/aromatic N) is 2. The van der Waals surface area contributed by atoms with Crippen LogP contribution in [0.3, 0.4) is 0 Å². The molecule has 2 aliphatic rings. The Morgan fingerprint density at radius 2 is 1.46 bits per heavy atom. The fourth-order valence-electron chi connectivity index (χ4n) is 4.33. The van der Waals surface area contributed by atoms with E-state index in [0.29, 0.717) is 45.4 Å². The number of benzene rings is 1. The van der Waals surface area contributed by atoms with Gasteiger partial charge in [-0.05, 0) is 30.4 Å². The Bertz CT molecular complexity index is 638. The summed E-state index contributed by atoms with van der Waals surface area (Å²) in [6, 6.07) is 7.71. The highest BCUT2D eigenvalue weighted by molar-refractivity contribution is 5.85. The van der Waals surface area contributed by atoms with Crippen molar-refractivity contribution in [3.8, 4) is 0 Å². The van der Waals surface area contributed by atoms with Gasteiger partial charge in [0.2, 0.25) is 11.8 Å². The largest absolute Gasteiger partial charge is 0.399 e. The zero-order valence-electron chi connectivity index (χ0n) is 16.8. The maximum absolute atomic E-state index is 12.5. The molecule has 2 N–H and O–H groups in total. The van der Waals surface area contributed by atoms with Crippen LogP contribution >= 0.6 is 12.4 Å². The molecule has 1 aliphatic carbocycles. The van der Waals surface area contributed by atoms with Crippen molar-refractivity contribution in [2.24, 2.45) is 5.92 Å². The molecule has 1 saturated heterocycles. The van der Waals surface area contributed by atoms with Gasteiger partial charge in [-0.2, -0.15) is 0 Å². The molecule has 2 fully saturated rings. The molecule has 1 heterocycles. The minimum Gasteiger partial charge on any atom is -0.399 e. The zero-order valence-corrected chi connectivity index (χ0v) is 17.6. The molecule has 1 aromatic carbocycles. The van der Waals surface area contributed by atoms with E-state index < -0.39 is 0 Å². The van der Waals surface area contributed by atoms with Crippen LogP contribution in [0.25, 0.3) is 0 Å². The molecule has 28 heavy (non-hydrogen) atoms. The lowest BCUT2D eigenvalue weighted by molar-refractivity contribution is -0.139. The van der Waals surface area contributed by atoms with E-state index in [9.17, 15) is 9.59 Å². The number of nitrogen functional groups attached to an aromatic ring is 1. The van der Waals surface area contributed by atoms with Gasteiger partial charge in [-0.15, -0.1) is 12.4 Å². The van der Waals surface area contributed by atoms with Crippen LogP contribution in [0.4, 0.5) is 5.69 Å². The summed E-state index contributed by atoms with van der Waals surface area (Å²) in [6.07, 6.45) is 9.46. The summed E-state index contributed by atoms with van der Waals surface area (Å²) < 4.78 is 0. The van der Waals surface area contributed by atoms with Crippen molar-refractivity contribution < 1.29 is 9.59 Å². The predicted octanol–water partition coefficient (Wildman–Crippen LogP) is 3.65. The molecule has 2 amide bonds. The molecule has 6 heteroatoms. The van der Waals surface area contributed by atoms with Gasteiger partial charge in [0.25, 0.3) is 0 Å². The molecule has 1 aliphatic heterocycles. The average molecular weight is 408 g/mol. The van der Waals surface area contributed by atoms with Gasteiger partial charge in [-0.3, -0.25) is 9.59 Å². The highest BCUT2D eigenvalue weighted by Crippen LogP contribution is 2.27. The van der Waals surface area contributed by atoms with Crippen LogP contribution in [0.1, 0.15) is 56.9 Å². The first-order valence-electron chi connectivity index (χ1n) is 10.5. The number of hydrogen-bond acceptors (Lipinski definition) is 3. The van der Waals surface area contributed by atoms with Gasteiger partial charge in [0.15, 0.2) is 0 Å². The van der Waals surface area contributed by atoms with Crippen LogP contribution < -0.4 is 5.73 Å². The molecule has 0 bridgehead atoms. The van der Waals surface area contributed by atoms with E-state index in [4.69, 9.17) is 5.73 Å². The number of carbonyl (C=O) groups excluding carboxylic acids is 2. The third-order valence-electron chi connectivity index (χ3n) is 6.14. The number of aryl methyl sites for hydroxylation is 1. The van der Waals surface area contributed by atoms with Crippen molar-refractivity contribution in [2.45, 2.75) is 57.8 Å². The molecule has 0 radical (unpaired) electrons. The molecule has 156 valence electrons. The van der Waals surface area contributed by atoms with E-state index in [2.05, 4.69) is 0 Å². The molecule has 1 aromatic rings. The maximum atomic E-state index is 12.5. The van der Waals surface area contributed by atoms with Gasteiger partial charge in [-0.1, -0.05) is 50.3 Å². The Kier molecular flexibility index (Phi) is 9.10. The Labute approximate surface area is 175 Å². The zero-order chi connectivity index (χ0) is 19.1. The average Bonchev–Trinajstić information content (AvgIpc) is 2.72. The number of hydrogen-bond donors (Lipinski definition) is 1. The van der Waals surface area contributed by atoms with E-state index in [-0.39, 0.29) is 24.2 Å². The Morgan fingerprint density at radius 3 is 2.07 bits per heavy atom. The molecule has 0 unspecified atom stereocenters. The van der Waals surface area contributed by atoms with Crippen LogP contribution in [0.5, 0.6) is 0 Å². The van der Waals surface area contributed by atoms with Crippen LogP contribution in [0, 0.1) is 5.92 Å². The number of nitrogens with two attached hydrogens (primary N) is 1. The monoisotopic (exact) mass is 407 g/mol. The van der Waals surface area contributed by atoms with E-state index in [1.807, 2.05) is 34.1 Å². The molecular weight excluding hydrogens is 374 g/mol. The lowest BCUT2D eigenvalue weighted by Crippen LogP contribution is -2.50. The molecule has 0 aromatic heterocycles. The fourth-order valence-corrected chi connectivity index (χ4v) is 4.33. The summed E-state index contributed by atoms with van der Waals surface area (Å²) in [5.41, 5.74) is 7.73. The van der Waals surface area contributed by atoms with Gasteiger partial charge in [0.1, 0.15) is 0 Å². The first kappa shape index (κ1) is 22.5. The standard InChI is InChI=1S/C22H33N3O2.ClH/c23-20-9-5-4-8-19(20)11-13-22(27)25-16-14-24(15-17-25)21(26)12-10-18-6-2-1-3-7-18;/h4-5,8-9,18H,1-3,6-7,10-17,23H2;1H. The molecule has 1 saturated carbocycles. The highest BCUT2D eigenvalue weighted by Gasteiger charge is 2.24. The van der Waals surface area contributed by atoms with Crippen molar-refractivity contribution in [2.75, 3.05) is 31.9 Å². The van der Waals surface area contributed by atoms with Crippen molar-refractivity contribution in [1.82, 2.24) is 9.80 Å². The van der Waals surface area contributed by atoms with E-state index in [1.165, 1.54) is 32.1 Å². The smallest absolute Gasteiger partial charge is 0.223 e. The summed E-state index contributed by atoms with van der Waals surface area (Å²) in [6.45, 7) is 2.64. The number of halogens is 1. The van der Waals surface area contributed by atoms with Crippen molar-refractivity contribution in [3.05, 3.63) is 29.8 Å². The number of anilines is 1. The van der Waals surface area contributed by atoms with E-state index in [1.54, 1.807) is 0 Å². The van der Waals surface area contributed by atoms with Crippen LogP contribution in [-0.4, -0.2) is 47.8 Å². The number of amides is 2. The lowest BCUT2D eigenvalue weighted by atomic mass is 9.86. The first-order valence-corrected chi connectivity index (χ1v) is 10.5. The van der Waals surface area contributed by atoms with Gasteiger partial charge < -0.3 is 15.5 Å². The third-order valence-corrected chi connectivity index (χ3v) is 6.14. The Morgan fingerprint density at radius 1 is 0.893 bits per heavy atom. The second-order valence-electron chi connectivity index (χ2n) is 8.00. The summed E-state index contributed by atoms with van der Waals surface area (Å²) in [5, 5.41) is 0. The molecule has 5 nitrogen and oxygen atoms in total. The second kappa shape index (κ2) is 11.3. The first-order chi connectivity index (χ1) is 13.1. The molecule has 0 atom stereocenters. The summed E-state index contributed by atoms with van der Waals surface area (Å²) in [5.74, 6) is 1.17. The summed E-state index contributed by atoms with van der Waals surface area (Å²) >= 11 is 0. The van der Waals surface area contributed by atoms with Gasteiger partial charge in [0.05, 0.1) is 0 Å². The van der Waals surface area contributed by atoms with E-state index in [0.717, 1.165) is 23.6 Å². The third kappa shape index (κ3) is 6.40. The normalized spacial score (nSPS) is 17.9. The quantitative estimate of drug-likeness (QED) is 0.732. The van der Waals surface area contributed by atoms with Crippen molar-refractivity contribution in [3.63, 3.8) is 0 Å². The topological polar surface area (TPSA) is 66.6 Å². The second-order valence-corrected chi connectivity index (χ2v) is 8.00. The Balaban J connectivity index is 0.00000280. The maximum Gasteiger partial charge on any atom is 0.223 e. The minimum absolute atomic E-state index is 0. The van der Waals surface area contributed by atoms with Gasteiger partial charge in [0, 0.05) is 44.7 Å². The SMILES string of the molecule is Cl.Nc1ccccc1CCC(=O)N1CCN(C(=O)CCC2CCCCC2)CC1. The fraction of sp³-hybridized carbons (Fsp3) is 0.636. The minimum atomic E-state index is 0. The van der Waals surface area contributed by atoms with E-state index >= 15 is 0 Å². The summed E-state index contributed by atoms with van der Waals surface area (Å²) in [4.78, 5) is 28.8. The molecule has 3 rings (SSSR count). The van der Waals surface area contributed by atoms with Crippen molar-refractivity contribution in [1.29, 1.82) is 0 Å². The number of para-hydroxylation sites is 1. The highest BCUT2D eigenvalue weighted by atomic mass is 35.5. The molecular formula is C22H34ClN3O2. The number of rotatable bonds is 6. The van der Waals surface area contributed by atoms with Crippen molar-refractivity contribution >= 4 is 29.9 Å². The van der Waals surface area contributed by atoms with Gasteiger partial charge >= 0.3 is 0 Å². The number of carbonyl (C=O) groups is 2. The van der Waals surface area contributed by atoms with Crippen LogP contribution in [0.2, 0.25) is 0 Å². The lowest BCUT2D eigenvalue weighted by Gasteiger charge is -2.35. The van der Waals surface area contributed by atoms with Crippen LogP contribution in [0.15, 0.2) is 24.3 Å². The number of piperazine rings is 1. The Hall–Kier alpha value is -1.75.